The maximum absolute atomic E-state index is 2.86. The third-order valence-corrected chi connectivity index (χ3v) is 0.992. The van der Waals surface area contributed by atoms with Crippen LogP contribution < -0.4 is 0 Å². The van der Waals surface area contributed by atoms with E-state index in [1.54, 1.807) is 0 Å². The van der Waals surface area contributed by atoms with Crippen LogP contribution in [0.2, 0.25) is 0 Å². The monoisotopic (exact) mass is 524 g/mol. The molecule has 0 atom stereocenters. The minimum atomic E-state index is 0. The molecule has 0 aromatic carbocycles. The van der Waals surface area contributed by atoms with E-state index in [9.17, 15) is 0 Å². The van der Waals surface area contributed by atoms with Crippen LogP contribution in [0.15, 0.2) is 49.1 Å². The van der Waals surface area contributed by atoms with Gasteiger partial charge in [0.2, 0.25) is 0 Å². The number of hydrogen-bond acceptors (Lipinski definition) is 0. The molecular formula is C8H10N2Pt2. The molecule has 0 amide bonds. The van der Waals surface area contributed by atoms with Gasteiger partial charge in [0, 0.05) is 66.9 Å². The van der Waals surface area contributed by atoms with Crippen molar-refractivity contribution < 1.29 is 42.1 Å². The van der Waals surface area contributed by atoms with Crippen LogP contribution in [-0.2, 0) is 42.1 Å². The fourth-order valence-electron chi connectivity index (χ4n) is 0.556. The number of rotatable bonds is 0. The number of aromatic nitrogens is 2. The SMILES string of the molecule is [Pt].[Pt].c1cc[nH]c1.c1cc[nH]c1. The second-order valence-corrected chi connectivity index (χ2v) is 1.77. The van der Waals surface area contributed by atoms with E-state index in [0.29, 0.717) is 0 Å². The molecule has 0 saturated heterocycles. The van der Waals surface area contributed by atoms with E-state index in [-0.39, 0.29) is 42.1 Å². The zero-order valence-corrected chi connectivity index (χ0v) is 10.8. The van der Waals surface area contributed by atoms with E-state index in [4.69, 9.17) is 0 Å². The van der Waals surface area contributed by atoms with E-state index < -0.39 is 0 Å². The van der Waals surface area contributed by atoms with Crippen LogP contribution in [-0.4, -0.2) is 9.97 Å². The molecule has 2 aromatic heterocycles. The minimum absolute atomic E-state index is 0. The third kappa shape index (κ3) is 8.04. The molecule has 72 valence electrons. The molecule has 0 bridgehead atoms. The van der Waals surface area contributed by atoms with Gasteiger partial charge in [0.05, 0.1) is 0 Å². The molecular weight excluding hydrogens is 514 g/mol. The molecule has 12 heavy (non-hydrogen) atoms. The number of aromatic amines is 2. The van der Waals surface area contributed by atoms with Crippen LogP contribution in [0.4, 0.5) is 0 Å². The summed E-state index contributed by atoms with van der Waals surface area (Å²) in [5.74, 6) is 0. The molecule has 0 fully saturated rings. The van der Waals surface area contributed by atoms with E-state index in [2.05, 4.69) is 9.97 Å². The van der Waals surface area contributed by atoms with Gasteiger partial charge in [-0.2, -0.15) is 0 Å². The second-order valence-electron chi connectivity index (χ2n) is 1.77. The summed E-state index contributed by atoms with van der Waals surface area (Å²) in [6.07, 6.45) is 7.50. The molecule has 0 unspecified atom stereocenters. The Morgan fingerprint density at radius 1 is 0.500 bits per heavy atom. The van der Waals surface area contributed by atoms with Crippen molar-refractivity contribution in [2.45, 2.75) is 0 Å². The first kappa shape index (κ1) is 14.5. The van der Waals surface area contributed by atoms with Crippen LogP contribution in [0.25, 0.3) is 0 Å². The predicted molar refractivity (Wildman–Crippen MR) is 41.6 cm³/mol. The van der Waals surface area contributed by atoms with Gasteiger partial charge in [-0.05, 0) is 24.3 Å². The molecule has 0 radical (unpaired) electrons. The van der Waals surface area contributed by atoms with Gasteiger partial charge in [0.15, 0.2) is 0 Å². The van der Waals surface area contributed by atoms with Crippen molar-refractivity contribution in [3.63, 3.8) is 0 Å². The molecule has 0 aliphatic heterocycles. The van der Waals surface area contributed by atoms with Crippen molar-refractivity contribution in [2.24, 2.45) is 0 Å². The predicted octanol–water partition coefficient (Wildman–Crippen LogP) is 2.02. The summed E-state index contributed by atoms with van der Waals surface area (Å²) in [6.45, 7) is 0. The van der Waals surface area contributed by atoms with Gasteiger partial charge in [-0.3, -0.25) is 0 Å². The Morgan fingerprint density at radius 3 is 0.833 bits per heavy atom. The fraction of sp³-hybridized carbons (Fsp3) is 0. The summed E-state index contributed by atoms with van der Waals surface area (Å²) in [6, 6.07) is 7.78. The first-order valence-corrected chi connectivity index (χ1v) is 3.15. The largest absolute Gasteiger partial charge is 0.368 e. The first-order chi connectivity index (χ1) is 5.00. The van der Waals surface area contributed by atoms with Crippen LogP contribution >= 0.6 is 0 Å². The number of hydrogen-bond donors (Lipinski definition) is 2. The van der Waals surface area contributed by atoms with Gasteiger partial charge in [-0.1, -0.05) is 0 Å². The van der Waals surface area contributed by atoms with E-state index in [1.165, 1.54) is 0 Å². The van der Waals surface area contributed by atoms with Crippen molar-refractivity contribution >= 4 is 0 Å². The molecule has 0 aliphatic carbocycles. The van der Waals surface area contributed by atoms with Crippen LogP contribution in [0.3, 0.4) is 0 Å². The smallest absolute Gasteiger partial charge is 0.000496 e. The van der Waals surface area contributed by atoms with E-state index in [1.807, 2.05) is 49.1 Å². The van der Waals surface area contributed by atoms with Gasteiger partial charge in [-0.15, -0.1) is 0 Å². The summed E-state index contributed by atoms with van der Waals surface area (Å²) in [5, 5.41) is 0. The molecule has 2 heterocycles. The van der Waals surface area contributed by atoms with E-state index >= 15 is 0 Å². The summed E-state index contributed by atoms with van der Waals surface area (Å²) in [4.78, 5) is 5.72. The summed E-state index contributed by atoms with van der Waals surface area (Å²) >= 11 is 0. The summed E-state index contributed by atoms with van der Waals surface area (Å²) in [5.41, 5.74) is 0. The van der Waals surface area contributed by atoms with Crippen molar-refractivity contribution in [3.8, 4) is 0 Å². The normalized spacial score (nSPS) is 6.67. The van der Waals surface area contributed by atoms with Gasteiger partial charge in [0.25, 0.3) is 0 Å². The minimum Gasteiger partial charge on any atom is -0.368 e. The molecule has 2 N–H and O–H groups in total. The first-order valence-electron chi connectivity index (χ1n) is 3.15. The molecule has 0 spiro atoms. The second kappa shape index (κ2) is 10.9. The van der Waals surface area contributed by atoms with E-state index in [0.717, 1.165) is 0 Å². The Kier molecular flexibility index (Phi) is 13.2. The molecule has 0 saturated carbocycles. The number of H-pyrrole nitrogens is 2. The molecule has 2 aromatic rings. The van der Waals surface area contributed by atoms with Crippen molar-refractivity contribution in [1.82, 2.24) is 9.97 Å². The maximum atomic E-state index is 2.86. The standard InChI is InChI=1S/2C4H5N.2Pt/c2*1-2-4-5-3-1;;/h2*1-5H;;. The van der Waals surface area contributed by atoms with Gasteiger partial charge >= 0.3 is 0 Å². The van der Waals surface area contributed by atoms with Gasteiger partial charge in [-0.25, -0.2) is 0 Å². The Morgan fingerprint density at radius 2 is 0.750 bits per heavy atom. The Labute approximate surface area is 101 Å². The topological polar surface area (TPSA) is 31.6 Å². The van der Waals surface area contributed by atoms with Gasteiger partial charge < -0.3 is 9.97 Å². The van der Waals surface area contributed by atoms with Crippen molar-refractivity contribution in [2.75, 3.05) is 0 Å². The summed E-state index contributed by atoms with van der Waals surface area (Å²) in [7, 11) is 0. The Hall–Kier alpha value is -0.0634. The fourth-order valence-corrected chi connectivity index (χ4v) is 0.556. The summed E-state index contributed by atoms with van der Waals surface area (Å²) < 4.78 is 0. The number of nitrogens with one attached hydrogen (secondary N) is 2. The molecule has 4 heteroatoms. The van der Waals surface area contributed by atoms with Crippen molar-refractivity contribution in [3.05, 3.63) is 49.1 Å². The Balaban J connectivity index is 0. The van der Waals surface area contributed by atoms with Crippen molar-refractivity contribution in [1.29, 1.82) is 0 Å². The quantitative estimate of drug-likeness (QED) is 0.529. The molecule has 2 nitrogen and oxygen atoms in total. The molecule has 0 aliphatic rings. The average molecular weight is 524 g/mol. The van der Waals surface area contributed by atoms with Crippen LogP contribution in [0.1, 0.15) is 0 Å². The molecule has 2 rings (SSSR count). The van der Waals surface area contributed by atoms with Crippen LogP contribution in [0, 0.1) is 0 Å². The van der Waals surface area contributed by atoms with Gasteiger partial charge in [0.1, 0.15) is 0 Å². The maximum Gasteiger partial charge on any atom is 0.000496 e. The zero-order valence-electron chi connectivity index (χ0n) is 6.25. The average Bonchev–Trinajstić information content (AvgIpc) is 2.67. The Bertz CT molecular complexity index is 154. The zero-order chi connectivity index (χ0) is 7.07. The third-order valence-electron chi connectivity index (χ3n) is 0.992. The van der Waals surface area contributed by atoms with Crippen LogP contribution in [0.5, 0.6) is 0 Å².